The molecule has 19 heavy (non-hydrogen) atoms. The summed E-state index contributed by atoms with van der Waals surface area (Å²) in [4.78, 5) is 0.899. The Kier molecular flexibility index (Phi) is 6.68. The quantitative estimate of drug-likeness (QED) is 0.469. The molecule has 1 aromatic rings. The molecule has 0 bridgehead atoms. The third-order valence-electron chi connectivity index (χ3n) is 2.21. The molecule has 0 spiro atoms. The summed E-state index contributed by atoms with van der Waals surface area (Å²) in [7, 11) is 0. The number of nitrogens with one attached hydrogen (secondary N) is 1. The minimum Gasteiger partial charge on any atom is -0.361 e. The lowest BCUT2D eigenvalue weighted by Gasteiger charge is -2.09. The Hall–Kier alpha value is -0.720. The SMILES string of the molecule is CC(C)NCc1ccc(SCOCC(F)(F)F)cc1. The maximum atomic E-state index is 11.8. The highest BCUT2D eigenvalue weighted by atomic mass is 32.2. The van der Waals surface area contributed by atoms with Gasteiger partial charge in [-0.1, -0.05) is 37.7 Å². The van der Waals surface area contributed by atoms with Gasteiger partial charge in [0.05, 0.1) is 5.94 Å². The number of ether oxygens (including phenoxy) is 1. The number of hydrogen-bond acceptors (Lipinski definition) is 3. The second kappa shape index (κ2) is 7.77. The molecule has 1 N–H and O–H groups in total. The van der Waals surface area contributed by atoms with Gasteiger partial charge in [0.1, 0.15) is 6.61 Å². The van der Waals surface area contributed by atoms with Gasteiger partial charge in [-0.3, -0.25) is 0 Å². The summed E-state index contributed by atoms with van der Waals surface area (Å²) in [6.45, 7) is 3.73. The largest absolute Gasteiger partial charge is 0.411 e. The lowest BCUT2D eigenvalue weighted by Crippen LogP contribution is -2.21. The number of benzene rings is 1. The minimum atomic E-state index is -4.26. The Morgan fingerprint density at radius 1 is 1.21 bits per heavy atom. The van der Waals surface area contributed by atoms with E-state index in [4.69, 9.17) is 0 Å². The van der Waals surface area contributed by atoms with Gasteiger partial charge in [0, 0.05) is 17.5 Å². The molecule has 108 valence electrons. The number of hydrogen-bond donors (Lipinski definition) is 1. The minimum absolute atomic E-state index is 0.00308. The van der Waals surface area contributed by atoms with E-state index in [-0.39, 0.29) is 5.94 Å². The third kappa shape index (κ3) is 8.13. The number of halogens is 3. The molecule has 0 fully saturated rings. The lowest BCUT2D eigenvalue weighted by molar-refractivity contribution is -0.168. The standard InChI is InChI=1S/C13H18F3NOS/c1-10(2)17-7-11-3-5-12(6-4-11)19-9-18-8-13(14,15)16/h3-6,10,17H,7-9H2,1-2H3. The fourth-order valence-corrected chi connectivity index (χ4v) is 1.92. The summed E-state index contributed by atoms with van der Waals surface area (Å²) in [5.41, 5.74) is 1.15. The number of alkyl halides is 3. The average Bonchev–Trinajstić information content (AvgIpc) is 2.32. The topological polar surface area (TPSA) is 21.3 Å². The van der Waals surface area contributed by atoms with Crippen molar-refractivity contribution in [1.29, 1.82) is 0 Å². The summed E-state index contributed by atoms with van der Waals surface area (Å²) >= 11 is 1.25. The van der Waals surface area contributed by atoms with Gasteiger partial charge in [-0.25, -0.2) is 0 Å². The van der Waals surface area contributed by atoms with E-state index in [0.717, 1.165) is 17.0 Å². The zero-order chi connectivity index (χ0) is 14.3. The molecule has 0 amide bonds. The van der Waals surface area contributed by atoms with Crippen LogP contribution < -0.4 is 5.32 Å². The Morgan fingerprint density at radius 2 is 1.84 bits per heavy atom. The fourth-order valence-electron chi connectivity index (χ4n) is 1.29. The Balaban J connectivity index is 2.28. The first-order valence-electron chi connectivity index (χ1n) is 5.96. The van der Waals surface area contributed by atoms with E-state index in [9.17, 15) is 13.2 Å². The maximum absolute atomic E-state index is 11.8. The monoisotopic (exact) mass is 293 g/mol. The first-order chi connectivity index (χ1) is 8.87. The van der Waals surface area contributed by atoms with Crippen LogP contribution >= 0.6 is 11.8 Å². The van der Waals surface area contributed by atoms with Crippen molar-refractivity contribution in [2.24, 2.45) is 0 Å². The van der Waals surface area contributed by atoms with E-state index in [1.54, 1.807) is 0 Å². The van der Waals surface area contributed by atoms with Crippen LogP contribution in [0.4, 0.5) is 13.2 Å². The van der Waals surface area contributed by atoms with Crippen LogP contribution in [0.1, 0.15) is 19.4 Å². The molecule has 0 saturated heterocycles. The highest BCUT2D eigenvalue weighted by Crippen LogP contribution is 2.20. The normalized spacial score (nSPS) is 12.1. The second-order valence-corrected chi connectivity index (χ2v) is 5.40. The van der Waals surface area contributed by atoms with E-state index < -0.39 is 12.8 Å². The molecule has 1 rings (SSSR count). The van der Waals surface area contributed by atoms with Gasteiger partial charge < -0.3 is 10.1 Å². The molecular formula is C13H18F3NOS. The van der Waals surface area contributed by atoms with Crippen molar-refractivity contribution in [2.75, 3.05) is 12.5 Å². The summed E-state index contributed by atoms with van der Waals surface area (Å²) in [6.07, 6.45) is -4.26. The van der Waals surface area contributed by atoms with Crippen LogP contribution in [-0.2, 0) is 11.3 Å². The predicted octanol–water partition coefficient (Wildman–Crippen LogP) is 3.81. The predicted molar refractivity (Wildman–Crippen MR) is 71.1 cm³/mol. The molecule has 0 aliphatic carbocycles. The van der Waals surface area contributed by atoms with Gasteiger partial charge in [0.25, 0.3) is 0 Å². The van der Waals surface area contributed by atoms with Crippen molar-refractivity contribution in [3.8, 4) is 0 Å². The van der Waals surface area contributed by atoms with Crippen LogP contribution in [0.25, 0.3) is 0 Å². The average molecular weight is 293 g/mol. The molecular weight excluding hydrogens is 275 g/mol. The number of rotatable bonds is 7. The molecule has 2 nitrogen and oxygen atoms in total. The summed E-state index contributed by atoms with van der Waals surface area (Å²) in [5.74, 6) is 0.00308. The zero-order valence-corrected chi connectivity index (χ0v) is 11.8. The lowest BCUT2D eigenvalue weighted by atomic mass is 10.2. The van der Waals surface area contributed by atoms with Gasteiger partial charge in [-0.2, -0.15) is 13.2 Å². The first kappa shape index (κ1) is 16.3. The van der Waals surface area contributed by atoms with Gasteiger partial charge in [0.15, 0.2) is 0 Å². The van der Waals surface area contributed by atoms with Gasteiger partial charge in [-0.15, -0.1) is 0 Å². The van der Waals surface area contributed by atoms with Crippen molar-refractivity contribution in [2.45, 2.75) is 37.5 Å². The molecule has 0 aliphatic rings. The van der Waals surface area contributed by atoms with Gasteiger partial charge in [-0.05, 0) is 17.7 Å². The van der Waals surface area contributed by atoms with Crippen molar-refractivity contribution >= 4 is 11.8 Å². The van der Waals surface area contributed by atoms with Gasteiger partial charge in [0.2, 0.25) is 0 Å². The number of thioether (sulfide) groups is 1. The van der Waals surface area contributed by atoms with E-state index >= 15 is 0 Å². The van der Waals surface area contributed by atoms with Crippen LogP contribution in [0.3, 0.4) is 0 Å². The summed E-state index contributed by atoms with van der Waals surface area (Å²) in [6, 6.07) is 8.12. The van der Waals surface area contributed by atoms with Crippen molar-refractivity contribution in [3.63, 3.8) is 0 Å². The Labute approximate surface area is 115 Å². The summed E-state index contributed by atoms with van der Waals surface area (Å²) < 4.78 is 40.1. The van der Waals surface area contributed by atoms with Crippen LogP contribution in [0.15, 0.2) is 29.2 Å². The van der Waals surface area contributed by atoms with Gasteiger partial charge >= 0.3 is 6.18 Å². The van der Waals surface area contributed by atoms with Crippen LogP contribution in [0, 0.1) is 0 Å². The zero-order valence-electron chi connectivity index (χ0n) is 11.0. The van der Waals surface area contributed by atoms with E-state index in [2.05, 4.69) is 23.9 Å². The van der Waals surface area contributed by atoms with Crippen LogP contribution in [0.5, 0.6) is 0 Å². The molecule has 1 aromatic carbocycles. The van der Waals surface area contributed by atoms with E-state index in [1.807, 2.05) is 24.3 Å². The molecule has 0 saturated carbocycles. The molecule has 0 heterocycles. The van der Waals surface area contributed by atoms with E-state index in [0.29, 0.717) is 6.04 Å². The Bertz CT molecular complexity index is 365. The first-order valence-corrected chi connectivity index (χ1v) is 6.95. The Morgan fingerprint density at radius 3 is 2.37 bits per heavy atom. The molecule has 0 aliphatic heterocycles. The highest BCUT2D eigenvalue weighted by molar-refractivity contribution is 7.99. The maximum Gasteiger partial charge on any atom is 0.411 e. The smallest absolute Gasteiger partial charge is 0.361 e. The van der Waals surface area contributed by atoms with E-state index in [1.165, 1.54) is 11.8 Å². The molecule has 0 unspecified atom stereocenters. The van der Waals surface area contributed by atoms with Crippen molar-refractivity contribution in [3.05, 3.63) is 29.8 Å². The second-order valence-electron chi connectivity index (χ2n) is 4.41. The highest BCUT2D eigenvalue weighted by Gasteiger charge is 2.27. The summed E-state index contributed by atoms with van der Waals surface area (Å²) in [5, 5.41) is 3.29. The third-order valence-corrected chi connectivity index (χ3v) is 3.10. The molecule has 0 radical (unpaired) electrons. The fraction of sp³-hybridized carbons (Fsp3) is 0.538. The molecule has 6 heteroatoms. The molecule has 0 aromatic heterocycles. The van der Waals surface area contributed by atoms with Crippen LogP contribution in [0.2, 0.25) is 0 Å². The molecule has 0 atom stereocenters. The van der Waals surface area contributed by atoms with Crippen molar-refractivity contribution < 1.29 is 17.9 Å². The van der Waals surface area contributed by atoms with Crippen LogP contribution in [-0.4, -0.2) is 24.8 Å². The van der Waals surface area contributed by atoms with Crippen molar-refractivity contribution in [1.82, 2.24) is 5.32 Å².